The third-order valence-corrected chi connectivity index (χ3v) is 4.16. The highest BCUT2D eigenvalue weighted by Gasteiger charge is 2.26. The Morgan fingerprint density at radius 1 is 1.05 bits per heavy atom. The predicted molar refractivity (Wildman–Crippen MR) is 82.9 cm³/mol. The molecule has 1 heterocycles. The van der Waals surface area contributed by atoms with Crippen molar-refractivity contribution in [1.82, 2.24) is 9.80 Å². The Labute approximate surface area is 126 Å². The molecule has 4 nitrogen and oxygen atoms in total. The second-order valence-electron chi connectivity index (χ2n) is 5.56. The molecule has 1 unspecified atom stereocenters. The second kappa shape index (κ2) is 7.25. The molecule has 0 spiro atoms. The van der Waals surface area contributed by atoms with Crippen LogP contribution < -0.4 is 0 Å². The molecule has 0 aliphatic carbocycles. The third-order valence-electron chi connectivity index (χ3n) is 4.16. The highest BCUT2D eigenvalue weighted by molar-refractivity contribution is 5.84. The van der Waals surface area contributed by atoms with Gasteiger partial charge < -0.3 is 9.80 Å². The van der Waals surface area contributed by atoms with E-state index in [1.807, 2.05) is 40.1 Å². The average molecular weight is 288 g/mol. The lowest BCUT2D eigenvalue weighted by Crippen LogP contribution is -2.38. The Bertz CT molecular complexity index is 487. The van der Waals surface area contributed by atoms with Crippen molar-refractivity contribution in [1.29, 1.82) is 0 Å². The van der Waals surface area contributed by atoms with Crippen molar-refractivity contribution in [2.75, 3.05) is 26.2 Å². The van der Waals surface area contributed by atoms with Gasteiger partial charge in [-0.05, 0) is 18.4 Å². The molecular formula is C17H24N2O2. The Kier molecular flexibility index (Phi) is 5.37. The zero-order valence-electron chi connectivity index (χ0n) is 12.9. The minimum Gasteiger partial charge on any atom is -0.341 e. The molecule has 1 aliphatic rings. The van der Waals surface area contributed by atoms with Gasteiger partial charge in [-0.2, -0.15) is 0 Å². The first-order valence-corrected chi connectivity index (χ1v) is 7.72. The van der Waals surface area contributed by atoms with Gasteiger partial charge in [0.1, 0.15) is 0 Å². The highest BCUT2D eigenvalue weighted by Crippen LogP contribution is 2.22. The first-order valence-electron chi connectivity index (χ1n) is 7.72. The molecular weight excluding hydrogens is 264 g/mol. The van der Waals surface area contributed by atoms with Crippen LogP contribution in [0.2, 0.25) is 0 Å². The molecule has 2 rings (SSSR count). The third kappa shape index (κ3) is 3.84. The summed E-state index contributed by atoms with van der Waals surface area (Å²) in [7, 11) is 0. The van der Waals surface area contributed by atoms with Gasteiger partial charge in [0.15, 0.2) is 0 Å². The Balaban J connectivity index is 2.06. The number of amides is 2. The molecule has 114 valence electrons. The zero-order valence-corrected chi connectivity index (χ0v) is 12.9. The van der Waals surface area contributed by atoms with Crippen molar-refractivity contribution in [2.24, 2.45) is 0 Å². The van der Waals surface area contributed by atoms with E-state index >= 15 is 0 Å². The molecule has 1 aromatic rings. The van der Waals surface area contributed by atoms with Gasteiger partial charge >= 0.3 is 0 Å². The summed E-state index contributed by atoms with van der Waals surface area (Å²) < 4.78 is 0. The summed E-state index contributed by atoms with van der Waals surface area (Å²) in [6.45, 7) is 6.42. The fourth-order valence-electron chi connectivity index (χ4n) is 2.91. The molecule has 1 fully saturated rings. The number of nitrogens with zero attached hydrogens (tertiary/aromatic N) is 2. The van der Waals surface area contributed by atoms with Gasteiger partial charge in [0, 0.05) is 33.1 Å². The van der Waals surface area contributed by atoms with Gasteiger partial charge in [0.2, 0.25) is 11.8 Å². The second-order valence-corrected chi connectivity index (χ2v) is 5.56. The first kappa shape index (κ1) is 15.5. The van der Waals surface area contributed by atoms with Gasteiger partial charge in [0.05, 0.1) is 5.92 Å². The van der Waals surface area contributed by atoms with Gasteiger partial charge in [-0.25, -0.2) is 0 Å². The Morgan fingerprint density at radius 2 is 1.67 bits per heavy atom. The number of hydrogen-bond acceptors (Lipinski definition) is 2. The van der Waals surface area contributed by atoms with Crippen molar-refractivity contribution in [3.05, 3.63) is 35.9 Å². The van der Waals surface area contributed by atoms with Gasteiger partial charge in [-0.1, -0.05) is 37.3 Å². The molecule has 0 saturated carbocycles. The van der Waals surface area contributed by atoms with E-state index in [9.17, 15) is 9.59 Å². The van der Waals surface area contributed by atoms with E-state index in [-0.39, 0.29) is 17.7 Å². The standard InChI is InChI=1S/C17H24N2O2/c1-3-16(15-8-5-4-6-9-15)17(21)19-11-7-10-18(12-13-19)14(2)20/h4-6,8-9,16H,3,7,10-13H2,1-2H3. The SMILES string of the molecule is CCC(C(=O)N1CCCN(C(C)=O)CC1)c1ccccc1. The van der Waals surface area contributed by atoms with Crippen molar-refractivity contribution in [2.45, 2.75) is 32.6 Å². The quantitative estimate of drug-likeness (QED) is 0.856. The number of carbonyl (C=O) groups is 2. The predicted octanol–water partition coefficient (Wildman–Crippen LogP) is 2.26. The topological polar surface area (TPSA) is 40.6 Å². The largest absolute Gasteiger partial charge is 0.341 e. The molecule has 0 bridgehead atoms. The molecule has 21 heavy (non-hydrogen) atoms. The molecule has 1 saturated heterocycles. The smallest absolute Gasteiger partial charge is 0.230 e. The molecule has 2 amide bonds. The summed E-state index contributed by atoms with van der Waals surface area (Å²) in [5, 5.41) is 0. The van der Waals surface area contributed by atoms with Crippen molar-refractivity contribution in [3.8, 4) is 0 Å². The summed E-state index contributed by atoms with van der Waals surface area (Å²) in [6.07, 6.45) is 1.66. The number of carbonyl (C=O) groups excluding carboxylic acids is 2. The van der Waals surface area contributed by atoms with E-state index < -0.39 is 0 Å². The van der Waals surface area contributed by atoms with E-state index in [1.54, 1.807) is 6.92 Å². The lowest BCUT2D eigenvalue weighted by atomic mass is 9.95. The lowest BCUT2D eigenvalue weighted by Gasteiger charge is -2.26. The van der Waals surface area contributed by atoms with E-state index in [2.05, 4.69) is 6.92 Å². The summed E-state index contributed by atoms with van der Waals surface area (Å²) in [5.41, 5.74) is 1.08. The first-order chi connectivity index (χ1) is 10.1. The normalized spacial score (nSPS) is 17.2. The van der Waals surface area contributed by atoms with Crippen LogP contribution in [-0.4, -0.2) is 47.8 Å². The van der Waals surface area contributed by atoms with E-state index in [1.165, 1.54) is 0 Å². The zero-order chi connectivity index (χ0) is 15.2. The highest BCUT2D eigenvalue weighted by atomic mass is 16.2. The average Bonchev–Trinajstić information content (AvgIpc) is 2.75. The van der Waals surface area contributed by atoms with Crippen LogP contribution in [0.15, 0.2) is 30.3 Å². The summed E-state index contributed by atoms with van der Waals surface area (Å²) in [4.78, 5) is 28.0. The van der Waals surface area contributed by atoms with Crippen molar-refractivity contribution < 1.29 is 9.59 Å². The lowest BCUT2D eigenvalue weighted by molar-refractivity contribution is -0.134. The maximum Gasteiger partial charge on any atom is 0.230 e. The van der Waals surface area contributed by atoms with Crippen LogP contribution >= 0.6 is 0 Å². The molecule has 1 atom stereocenters. The van der Waals surface area contributed by atoms with E-state index in [0.717, 1.165) is 31.5 Å². The van der Waals surface area contributed by atoms with E-state index in [4.69, 9.17) is 0 Å². The van der Waals surface area contributed by atoms with Crippen LogP contribution in [0.1, 0.15) is 38.2 Å². The van der Waals surface area contributed by atoms with E-state index in [0.29, 0.717) is 13.1 Å². The Morgan fingerprint density at radius 3 is 2.29 bits per heavy atom. The fraction of sp³-hybridized carbons (Fsp3) is 0.529. The molecule has 0 aromatic heterocycles. The molecule has 1 aromatic carbocycles. The van der Waals surface area contributed by atoms with Crippen molar-refractivity contribution >= 4 is 11.8 Å². The molecule has 0 N–H and O–H groups in total. The van der Waals surface area contributed by atoms with Crippen LogP contribution in [0.4, 0.5) is 0 Å². The number of rotatable bonds is 3. The minimum atomic E-state index is -0.0740. The maximum atomic E-state index is 12.8. The summed E-state index contributed by atoms with van der Waals surface area (Å²) >= 11 is 0. The van der Waals surface area contributed by atoms with Crippen LogP contribution in [-0.2, 0) is 9.59 Å². The van der Waals surface area contributed by atoms with Crippen molar-refractivity contribution in [3.63, 3.8) is 0 Å². The Hall–Kier alpha value is -1.84. The van der Waals surface area contributed by atoms with Gasteiger partial charge in [-0.3, -0.25) is 9.59 Å². The summed E-state index contributed by atoms with van der Waals surface area (Å²) in [6, 6.07) is 9.96. The van der Waals surface area contributed by atoms with Gasteiger partial charge in [0.25, 0.3) is 0 Å². The monoisotopic (exact) mass is 288 g/mol. The van der Waals surface area contributed by atoms with Crippen LogP contribution in [0.25, 0.3) is 0 Å². The van der Waals surface area contributed by atoms with Gasteiger partial charge in [-0.15, -0.1) is 0 Å². The minimum absolute atomic E-state index is 0.0740. The number of hydrogen-bond donors (Lipinski definition) is 0. The summed E-state index contributed by atoms with van der Waals surface area (Å²) in [5.74, 6) is 0.212. The molecule has 0 radical (unpaired) electrons. The fourth-order valence-corrected chi connectivity index (χ4v) is 2.91. The maximum absolute atomic E-state index is 12.8. The molecule has 4 heteroatoms. The van der Waals surface area contributed by atoms with Crippen LogP contribution in [0, 0.1) is 0 Å². The number of benzene rings is 1. The van der Waals surface area contributed by atoms with Crippen LogP contribution in [0.3, 0.4) is 0 Å². The molecule has 1 aliphatic heterocycles. The van der Waals surface area contributed by atoms with Crippen LogP contribution in [0.5, 0.6) is 0 Å².